The maximum Gasteiger partial charge on any atom is 0.127 e. The van der Waals surface area contributed by atoms with Gasteiger partial charge in [-0.2, -0.15) is 0 Å². The molecule has 0 saturated heterocycles. The summed E-state index contributed by atoms with van der Waals surface area (Å²) in [5.41, 5.74) is 2.29. The highest BCUT2D eigenvalue weighted by Gasteiger charge is 2.50. The van der Waals surface area contributed by atoms with E-state index in [4.69, 9.17) is 21.3 Å². The third-order valence-corrected chi connectivity index (χ3v) is 4.90. The number of alkyl halides is 1. The summed E-state index contributed by atoms with van der Waals surface area (Å²) in [6.45, 7) is 6.50. The Bertz CT molecular complexity index is 632. The first-order valence-corrected chi connectivity index (χ1v) is 7.54. The van der Waals surface area contributed by atoms with Crippen LogP contribution in [0, 0.1) is 5.41 Å². The first kappa shape index (κ1) is 13.9. The van der Waals surface area contributed by atoms with Crippen molar-refractivity contribution < 1.29 is 4.74 Å². The van der Waals surface area contributed by atoms with Crippen LogP contribution in [0.15, 0.2) is 24.3 Å². The average molecular weight is 293 g/mol. The summed E-state index contributed by atoms with van der Waals surface area (Å²) in [4.78, 5) is 4.72. The van der Waals surface area contributed by atoms with Crippen LogP contribution in [-0.2, 0) is 4.74 Å². The lowest BCUT2D eigenvalue weighted by Crippen LogP contribution is -2.51. The van der Waals surface area contributed by atoms with E-state index >= 15 is 0 Å². The van der Waals surface area contributed by atoms with E-state index in [0.717, 1.165) is 17.8 Å². The third kappa shape index (κ3) is 1.87. The number of para-hydroxylation sites is 2. The lowest BCUT2D eigenvalue weighted by Gasteiger charge is -2.52. The van der Waals surface area contributed by atoms with Gasteiger partial charge in [0.2, 0.25) is 0 Å². The highest BCUT2D eigenvalue weighted by atomic mass is 35.5. The molecule has 1 fully saturated rings. The molecule has 0 amide bonds. The number of benzene rings is 1. The first-order chi connectivity index (χ1) is 9.46. The fourth-order valence-corrected chi connectivity index (χ4v) is 3.53. The van der Waals surface area contributed by atoms with Crippen molar-refractivity contribution in [3.63, 3.8) is 0 Å². The fraction of sp³-hybridized carbons (Fsp3) is 0.562. The predicted octanol–water partition coefficient (Wildman–Crippen LogP) is 4.32. The Labute approximate surface area is 124 Å². The highest BCUT2D eigenvalue weighted by Crippen LogP contribution is 2.52. The molecule has 3 atom stereocenters. The summed E-state index contributed by atoms with van der Waals surface area (Å²) in [6.07, 6.45) is 1.31. The molecule has 1 aromatic carbocycles. The molecule has 4 heteroatoms. The predicted molar refractivity (Wildman–Crippen MR) is 82.2 cm³/mol. The maximum absolute atomic E-state index is 6.35. The zero-order chi connectivity index (χ0) is 14.5. The molecule has 3 rings (SSSR count). The Morgan fingerprint density at radius 3 is 2.70 bits per heavy atom. The second-order valence-corrected chi connectivity index (χ2v) is 6.90. The molecule has 1 aliphatic rings. The topological polar surface area (TPSA) is 27.1 Å². The molecule has 0 N–H and O–H groups in total. The number of nitrogens with zero attached hydrogens (tertiary/aromatic N) is 2. The van der Waals surface area contributed by atoms with Gasteiger partial charge in [-0.05, 0) is 25.5 Å². The van der Waals surface area contributed by atoms with E-state index in [1.54, 1.807) is 7.11 Å². The minimum absolute atomic E-state index is 0.0960. The summed E-state index contributed by atoms with van der Waals surface area (Å²) in [6, 6.07) is 8.64. The van der Waals surface area contributed by atoms with Crippen molar-refractivity contribution in [1.82, 2.24) is 9.55 Å². The number of halogens is 1. The van der Waals surface area contributed by atoms with E-state index in [9.17, 15) is 0 Å². The zero-order valence-corrected chi connectivity index (χ0v) is 13.2. The molecule has 1 aliphatic carbocycles. The van der Waals surface area contributed by atoms with Gasteiger partial charge in [-0.1, -0.05) is 26.0 Å². The van der Waals surface area contributed by atoms with Gasteiger partial charge in [0.25, 0.3) is 0 Å². The number of hydrogen-bond acceptors (Lipinski definition) is 2. The van der Waals surface area contributed by atoms with E-state index < -0.39 is 0 Å². The summed E-state index contributed by atoms with van der Waals surface area (Å²) in [5.74, 6) is 0.959. The van der Waals surface area contributed by atoms with Gasteiger partial charge in [-0.25, -0.2) is 4.98 Å². The molecular weight excluding hydrogens is 272 g/mol. The van der Waals surface area contributed by atoms with Crippen LogP contribution in [0.25, 0.3) is 11.0 Å². The monoisotopic (exact) mass is 292 g/mol. The third-order valence-electron chi connectivity index (χ3n) is 4.70. The summed E-state index contributed by atoms with van der Waals surface area (Å²) >= 11 is 6.35. The standard InChI is InChI=1S/C16H21ClN2O/c1-10(17)15-18-11-7-5-6-8-12(11)19(15)13-9-14(20-4)16(13,2)3/h5-8,10,13-14H,9H2,1-4H3. The molecule has 1 aromatic heterocycles. The van der Waals surface area contributed by atoms with E-state index in [0.29, 0.717) is 12.1 Å². The number of hydrogen-bond donors (Lipinski definition) is 0. The van der Waals surface area contributed by atoms with Crippen LogP contribution in [0.1, 0.15) is 44.4 Å². The quantitative estimate of drug-likeness (QED) is 0.788. The molecule has 0 aliphatic heterocycles. The normalized spacial score (nSPS) is 26.4. The molecule has 3 unspecified atom stereocenters. The van der Waals surface area contributed by atoms with Crippen molar-refractivity contribution in [3.05, 3.63) is 30.1 Å². The Hall–Kier alpha value is -1.06. The first-order valence-electron chi connectivity index (χ1n) is 7.10. The largest absolute Gasteiger partial charge is 0.381 e. The van der Waals surface area contributed by atoms with E-state index in [1.807, 2.05) is 19.1 Å². The van der Waals surface area contributed by atoms with E-state index in [2.05, 4.69) is 30.5 Å². The second-order valence-electron chi connectivity index (χ2n) is 6.24. The average Bonchev–Trinajstić information content (AvgIpc) is 2.78. The van der Waals surface area contributed by atoms with Crippen molar-refractivity contribution >= 4 is 22.6 Å². The Kier molecular flexibility index (Phi) is 3.30. The summed E-state index contributed by atoms with van der Waals surface area (Å²) in [7, 11) is 1.79. The molecule has 0 spiro atoms. The van der Waals surface area contributed by atoms with Crippen molar-refractivity contribution in [1.29, 1.82) is 0 Å². The molecule has 1 saturated carbocycles. The molecule has 20 heavy (non-hydrogen) atoms. The number of fused-ring (bicyclic) bond motifs is 1. The van der Waals surface area contributed by atoms with Gasteiger partial charge in [0.1, 0.15) is 5.82 Å². The van der Waals surface area contributed by atoms with Gasteiger partial charge < -0.3 is 9.30 Å². The lowest BCUT2D eigenvalue weighted by atomic mass is 9.64. The van der Waals surface area contributed by atoms with Crippen molar-refractivity contribution in [2.75, 3.05) is 7.11 Å². The van der Waals surface area contributed by atoms with Crippen LogP contribution in [0.3, 0.4) is 0 Å². The van der Waals surface area contributed by atoms with Gasteiger partial charge in [0, 0.05) is 18.6 Å². The molecule has 3 nitrogen and oxygen atoms in total. The van der Waals surface area contributed by atoms with Crippen LogP contribution >= 0.6 is 11.6 Å². The highest BCUT2D eigenvalue weighted by molar-refractivity contribution is 6.20. The van der Waals surface area contributed by atoms with Gasteiger partial charge in [0.15, 0.2) is 0 Å². The van der Waals surface area contributed by atoms with Crippen LogP contribution in [0.4, 0.5) is 0 Å². The Balaban J connectivity index is 2.13. The molecule has 0 radical (unpaired) electrons. The minimum Gasteiger partial charge on any atom is -0.381 e. The van der Waals surface area contributed by atoms with Gasteiger partial charge in [0.05, 0.1) is 22.5 Å². The van der Waals surface area contributed by atoms with Crippen LogP contribution in [0.5, 0.6) is 0 Å². The smallest absolute Gasteiger partial charge is 0.127 e. The number of rotatable bonds is 3. The van der Waals surface area contributed by atoms with Gasteiger partial charge in [-0.15, -0.1) is 11.6 Å². The number of aromatic nitrogens is 2. The minimum atomic E-state index is -0.0974. The second kappa shape index (κ2) is 4.74. The van der Waals surface area contributed by atoms with Crippen molar-refractivity contribution in [2.24, 2.45) is 5.41 Å². The number of methoxy groups -OCH3 is 1. The van der Waals surface area contributed by atoms with Crippen LogP contribution in [-0.4, -0.2) is 22.8 Å². The van der Waals surface area contributed by atoms with Crippen molar-refractivity contribution in [3.8, 4) is 0 Å². The molecular formula is C16H21ClN2O. The fourth-order valence-electron chi connectivity index (χ4n) is 3.37. The molecule has 108 valence electrons. The SMILES string of the molecule is COC1CC(n2c(C(C)Cl)nc3ccccc32)C1(C)C. The van der Waals surface area contributed by atoms with E-state index in [1.165, 1.54) is 5.52 Å². The molecule has 0 bridgehead atoms. The van der Waals surface area contributed by atoms with Gasteiger partial charge in [-0.3, -0.25) is 0 Å². The van der Waals surface area contributed by atoms with Crippen LogP contribution < -0.4 is 0 Å². The maximum atomic E-state index is 6.35. The van der Waals surface area contributed by atoms with Gasteiger partial charge >= 0.3 is 0 Å². The Morgan fingerprint density at radius 2 is 2.10 bits per heavy atom. The van der Waals surface area contributed by atoms with Crippen molar-refractivity contribution in [2.45, 2.75) is 44.7 Å². The zero-order valence-electron chi connectivity index (χ0n) is 12.4. The number of imidazole rings is 1. The molecule has 1 heterocycles. The summed E-state index contributed by atoms with van der Waals surface area (Å²) < 4.78 is 7.90. The summed E-state index contributed by atoms with van der Waals surface area (Å²) in [5, 5.41) is -0.0974. The van der Waals surface area contributed by atoms with E-state index in [-0.39, 0.29) is 10.8 Å². The Morgan fingerprint density at radius 1 is 1.40 bits per heavy atom. The van der Waals surface area contributed by atoms with Crippen LogP contribution in [0.2, 0.25) is 0 Å². The number of ether oxygens (including phenoxy) is 1. The molecule has 2 aromatic rings. The lowest BCUT2D eigenvalue weighted by molar-refractivity contribution is -0.112.